The number of hydrogen-bond donors (Lipinski definition) is 1. The third-order valence-corrected chi connectivity index (χ3v) is 7.86. The number of rotatable bonds is 3. The van der Waals surface area contributed by atoms with Gasteiger partial charge in [0, 0.05) is 68.9 Å². The Hall–Kier alpha value is -3.87. The van der Waals surface area contributed by atoms with E-state index in [9.17, 15) is 9.59 Å². The van der Waals surface area contributed by atoms with Crippen LogP contribution in [0.1, 0.15) is 33.7 Å². The van der Waals surface area contributed by atoms with Crippen molar-refractivity contribution in [3.63, 3.8) is 0 Å². The second-order valence-corrected chi connectivity index (χ2v) is 10.2. The number of aliphatic imine (C=N–C) groups is 1. The maximum absolute atomic E-state index is 13.6. The van der Waals surface area contributed by atoms with Gasteiger partial charge in [0.1, 0.15) is 17.5 Å². The molecule has 186 valence electrons. The molecule has 0 bridgehead atoms. The van der Waals surface area contributed by atoms with E-state index in [1.807, 2.05) is 41.3 Å². The van der Waals surface area contributed by atoms with E-state index in [1.165, 1.54) is 0 Å². The quantitative estimate of drug-likeness (QED) is 0.704. The second kappa shape index (κ2) is 8.66. The van der Waals surface area contributed by atoms with Crippen molar-refractivity contribution in [1.82, 2.24) is 14.4 Å². The second-order valence-electron chi connectivity index (χ2n) is 10.2. The van der Waals surface area contributed by atoms with Gasteiger partial charge in [-0.15, -0.1) is 0 Å². The van der Waals surface area contributed by atoms with Crippen LogP contribution in [0, 0.1) is 5.92 Å². The van der Waals surface area contributed by atoms with E-state index in [0.29, 0.717) is 24.7 Å². The average Bonchev–Trinajstić information content (AvgIpc) is 3.63. The zero-order valence-corrected chi connectivity index (χ0v) is 20.8. The molecular formula is C29H33N5O2. The molecule has 6 rings (SSSR count). The monoisotopic (exact) mass is 483 g/mol. The number of piperazine rings is 1. The minimum Gasteiger partial charge on any atom is -0.356 e. The summed E-state index contributed by atoms with van der Waals surface area (Å²) in [6.45, 7) is 6.75. The number of para-hydroxylation sites is 1. The standard InChI is InChI=1S/C29H31N5O2.H2/c1-20(35)32-14-16-33(17-15-32)27-23-19-29(23,2)26-24(36)18-25(30-21-10-6-3-4-7-11-21)34(28(26)31-27)22-12-8-5-9-13-22;/h3-6,8-13,18,23,30H,7,14-17,19H2,1-2H3;1H. The van der Waals surface area contributed by atoms with Gasteiger partial charge >= 0.3 is 0 Å². The molecule has 1 aromatic heterocycles. The number of amides is 1. The molecule has 2 aliphatic heterocycles. The summed E-state index contributed by atoms with van der Waals surface area (Å²) in [5.41, 5.74) is 2.52. The van der Waals surface area contributed by atoms with E-state index in [-0.39, 0.29) is 24.1 Å². The highest BCUT2D eigenvalue weighted by Crippen LogP contribution is 2.59. The van der Waals surface area contributed by atoms with Crippen LogP contribution in [-0.4, -0.2) is 52.3 Å². The van der Waals surface area contributed by atoms with Gasteiger partial charge < -0.3 is 15.1 Å². The number of benzene rings is 1. The van der Waals surface area contributed by atoms with Gasteiger partial charge in [-0.1, -0.05) is 49.4 Å². The van der Waals surface area contributed by atoms with Crippen LogP contribution in [0.15, 0.2) is 82.3 Å². The summed E-state index contributed by atoms with van der Waals surface area (Å²) in [6, 6.07) is 11.8. The molecule has 2 aromatic rings. The number of nitrogens with one attached hydrogen (secondary N) is 1. The average molecular weight is 484 g/mol. The van der Waals surface area contributed by atoms with Crippen LogP contribution in [0.4, 0.5) is 11.6 Å². The molecule has 1 N–H and O–H groups in total. The molecule has 2 unspecified atom stereocenters. The number of pyridine rings is 1. The summed E-state index contributed by atoms with van der Waals surface area (Å²) >= 11 is 0. The lowest BCUT2D eigenvalue weighted by molar-refractivity contribution is -0.130. The Bertz CT molecular complexity index is 1400. The van der Waals surface area contributed by atoms with Gasteiger partial charge in [0.05, 0.1) is 0 Å². The number of anilines is 1. The lowest BCUT2D eigenvalue weighted by Crippen LogP contribution is -2.51. The zero-order chi connectivity index (χ0) is 24.9. The first-order chi connectivity index (χ1) is 17.5. The summed E-state index contributed by atoms with van der Waals surface area (Å²) in [5.74, 6) is 2.82. The largest absolute Gasteiger partial charge is 0.356 e. The lowest BCUT2D eigenvalue weighted by Gasteiger charge is -2.38. The van der Waals surface area contributed by atoms with Crippen molar-refractivity contribution in [1.29, 1.82) is 0 Å². The van der Waals surface area contributed by atoms with Crippen LogP contribution in [0.2, 0.25) is 0 Å². The van der Waals surface area contributed by atoms with Gasteiger partial charge in [0.15, 0.2) is 5.43 Å². The van der Waals surface area contributed by atoms with Gasteiger partial charge in [-0.2, -0.15) is 0 Å². The Morgan fingerprint density at radius 1 is 1.14 bits per heavy atom. The molecule has 1 amide bonds. The van der Waals surface area contributed by atoms with E-state index < -0.39 is 0 Å². The number of fused-ring (bicyclic) bond motifs is 3. The van der Waals surface area contributed by atoms with Gasteiger partial charge in [-0.25, -0.2) is 4.99 Å². The first-order valence-corrected chi connectivity index (χ1v) is 12.7. The van der Waals surface area contributed by atoms with Crippen molar-refractivity contribution in [3.05, 3.63) is 88.3 Å². The number of aromatic nitrogens is 1. The van der Waals surface area contributed by atoms with Crippen LogP contribution in [0.5, 0.6) is 0 Å². The summed E-state index contributed by atoms with van der Waals surface area (Å²) in [4.78, 5) is 34.9. The molecule has 0 radical (unpaired) electrons. The third-order valence-electron chi connectivity index (χ3n) is 7.86. The molecule has 2 aliphatic carbocycles. The molecule has 3 heterocycles. The van der Waals surface area contributed by atoms with Gasteiger partial charge in [0.2, 0.25) is 5.91 Å². The van der Waals surface area contributed by atoms with Crippen LogP contribution in [0.3, 0.4) is 0 Å². The first kappa shape index (κ1) is 22.6. The molecule has 2 fully saturated rings. The fourth-order valence-electron chi connectivity index (χ4n) is 5.74. The predicted octanol–water partition coefficient (Wildman–Crippen LogP) is 4.38. The maximum atomic E-state index is 13.6. The van der Waals surface area contributed by atoms with E-state index >= 15 is 0 Å². The van der Waals surface area contributed by atoms with Crippen LogP contribution in [0.25, 0.3) is 5.69 Å². The number of amidine groups is 1. The minimum absolute atomic E-state index is 0. The van der Waals surface area contributed by atoms with Crippen LogP contribution in [-0.2, 0) is 10.2 Å². The Labute approximate surface area is 212 Å². The van der Waals surface area contributed by atoms with Gasteiger partial charge in [-0.3, -0.25) is 14.2 Å². The predicted molar refractivity (Wildman–Crippen MR) is 145 cm³/mol. The topological polar surface area (TPSA) is 69.9 Å². The van der Waals surface area contributed by atoms with E-state index in [0.717, 1.165) is 48.7 Å². The van der Waals surface area contributed by atoms with E-state index in [1.54, 1.807) is 13.0 Å². The molecule has 2 atom stereocenters. The molecule has 1 saturated carbocycles. The molecule has 7 nitrogen and oxygen atoms in total. The van der Waals surface area contributed by atoms with Crippen LogP contribution >= 0.6 is 0 Å². The molecule has 1 aromatic carbocycles. The van der Waals surface area contributed by atoms with Gasteiger partial charge in [0.25, 0.3) is 0 Å². The Morgan fingerprint density at radius 2 is 1.92 bits per heavy atom. The van der Waals surface area contributed by atoms with Crippen molar-refractivity contribution < 1.29 is 6.22 Å². The number of carbonyl (C=O) groups excluding carboxylic acids is 1. The first-order valence-electron chi connectivity index (χ1n) is 12.7. The van der Waals surface area contributed by atoms with Crippen molar-refractivity contribution >= 4 is 23.4 Å². The van der Waals surface area contributed by atoms with Crippen molar-refractivity contribution in [3.8, 4) is 5.69 Å². The van der Waals surface area contributed by atoms with Gasteiger partial charge in [-0.05, 0) is 31.1 Å². The summed E-state index contributed by atoms with van der Waals surface area (Å²) < 4.78 is 2.09. The van der Waals surface area contributed by atoms with Crippen LogP contribution < -0.4 is 10.7 Å². The fourth-order valence-corrected chi connectivity index (χ4v) is 5.74. The fraction of sp³-hybridized carbons (Fsp3) is 0.345. The molecular weight excluding hydrogens is 450 g/mol. The zero-order valence-electron chi connectivity index (χ0n) is 20.8. The number of carbonyl (C=O) groups is 1. The Kier molecular flexibility index (Phi) is 5.43. The summed E-state index contributed by atoms with van der Waals surface area (Å²) in [6.07, 6.45) is 12.0. The summed E-state index contributed by atoms with van der Waals surface area (Å²) in [7, 11) is 0. The van der Waals surface area contributed by atoms with E-state index in [2.05, 4.69) is 46.0 Å². The Morgan fingerprint density at radius 3 is 2.67 bits per heavy atom. The third kappa shape index (κ3) is 3.79. The number of nitrogens with zero attached hydrogens (tertiary/aromatic N) is 4. The summed E-state index contributed by atoms with van der Waals surface area (Å²) in [5, 5.41) is 3.50. The number of allylic oxidation sites excluding steroid dienone is 5. The Balaban J connectivity index is 0.00000280. The van der Waals surface area contributed by atoms with Crippen molar-refractivity contribution in [2.75, 3.05) is 31.5 Å². The molecule has 0 spiro atoms. The highest BCUT2D eigenvalue weighted by atomic mass is 16.2. The smallest absolute Gasteiger partial charge is 0.219 e. The number of hydrogen-bond acceptors (Lipinski definition) is 5. The highest BCUT2D eigenvalue weighted by molar-refractivity contribution is 5.95. The normalized spacial score (nSPS) is 24.3. The lowest BCUT2D eigenvalue weighted by atomic mass is 9.92. The molecule has 7 heteroatoms. The van der Waals surface area contributed by atoms with Crippen molar-refractivity contribution in [2.24, 2.45) is 10.9 Å². The SMILES string of the molecule is CC(=O)N1CCN(C2=Nc3c(c(=O)cc(NC4=CCC=CC=C4)n3-c3ccccc3)C3(C)CC23)CC1.[HH]. The highest BCUT2D eigenvalue weighted by Gasteiger charge is 2.60. The molecule has 1 saturated heterocycles. The van der Waals surface area contributed by atoms with Crippen molar-refractivity contribution in [2.45, 2.75) is 32.1 Å². The molecule has 4 aliphatic rings. The minimum atomic E-state index is -0.221. The molecule has 36 heavy (non-hydrogen) atoms. The maximum Gasteiger partial charge on any atom is 0.219 e. The van der Waals surface area contributed by atoms with E-state index in [4.69, 9.17) is 4.99 Å².